The van der Waals surface area contributed by atoms with Crippen LogP contribution in [0.3, 0.4) is 0 Å². The Hall–Kier alpha value is -2.36. The van der Waals surface area contributed by atoms with Gasteiger partial charge in [-0.3, -0.25) is 4.79 Å². The largest absolute Gasteiger partial charge is 0.497 e. The van der Waals surface area contributed by atoms with Crippen molar-refractivity contribution in [3.05, 3.63) is 65.5 Å². The van der Waals surface area contributed by atoms with Crippen LogP contribution in [-0.4, -0.2) is 31.5 Å². The van der Waals surface area contributed by atoms with Crippen molar-refractivity contribution >= 4 is 5.91 Å². The molecule has 0 saturated heterocycles. The predicted octanol–water partition coefficient (Wildman–Crippen LogP) is 3.15. The fourth-order valence-corrected chi connectivity index (χ4v) is 2.04. The van der Waals surface area contributed by atoms with Crippen molar-refractivity contribution in [1.82, 2.24) is 4.90 Å². The lowest BCUT2D eigenvalue weighted by atomic mass is 10.1. The molecule has 0 unspecified atom stereocenters. The summed E-state index contributed by atoms with van der Waals surface area (Å²) in [5.41, 5.74) is 1.21. The Kier molecular flexibility index (Phi) is 4.93. The smallest absolute Gasteiger partial charge is 0.253 e. The van der Waals surface area contributed by atoms with Crippen molar-refractivity contribution in [3.8, 4) is 5.75 Å². The maximum atomic E-state index is 13.5. The van der Waals surface area contributed by atoms with E-state index in [0.717, 1.165) is 0 Å². The van der Waals surface area contributed by atoms with Crippen molar-refractivity contribution in [2.75, 3.05) is 20.7 Å². The van der Waals surface area contributed by atoms with Gasteiger partial charge in [0.25, 0.3) is 5.91 Å². The van der Waals surface area contributed by atoms with Crippen LogP contribution in [0.5, 0.6) is 5.75 Å². The second kappa shape index (κ2) is 6.88. The van der Waals surface area contributed by atoms with Gasteiger partial charge in [0.05, 0.1) is 7.11 Å². The Morgan fingerprint density at radius 1 is 1.14 bits per heavy atom. The maximum Gasteiger partial charge on any atom is 0.253 e. The minimum atomic E-state index is -0.234. The first-order valence-corrected chi connectivity index (χ1v) is 6.74. The summed E-state index contributed by atoms with van der Waals surface area (Å²) in [6.45, 7) is 0.464. The van der Waals surface area contributed by atoms with Crippen molar-refractivity contribution in [3.63, 3.8) is 0 Å². The van der Waals surface area contributed by atoms with Crippen LogP contribution in [0.25, 0.3) is 0 Å². The van der Waals surface area contributed by atoms with Gasteiger partial charge in [0.1, 0.15) is 11.6 Å². The van der Waals surface area contributed by atoms with Crippen LogP contribution < -0.4 is 4.74 Å². The van der Waals surface area contributed by atoms with Gasteiger partial charge in [-0.2, -0.15) is 0 Å². The van der Waals surface area contributed by atoms with Crippen molar-refractivity contribution < 1.29 is 13.9 Å². The zero-order valence-electron chi connectivity index (χ0n) is 12.2. The monoisotopic (exact) mass is 287 g/mol. The Balaban J connectivity index is 1.97. The molecule has 0 aliphatic heterocycles. The molecule has 0 atom stereocenters. The molecule has 0 bridgehead atoms. The summed E-state index contributed by atoms with van der Waals surface area (Å²) in [5, 5.41) is 0. The summed E-state index contributed by atoms with van der Waals surface area (Å²) in [4.78, 5) is 13.8. The fraction of sp³-hybridized carbons (Fsp3) is 0.235. The molecule has 21 heavy (non-hydrogen) atoms. The molecule has 0 spiro atoms. The van der Waals surface area contributed by atoms with Gasteiger partial charge in [-0.25, -0.2) is 4.39 Å². The van der Waals surface area contributed by atoms with Gasteiger partial charge >= 0.3 is 0 Å². The first kappa shape index (κ1) is 15.0. The first-order chi connectivity index (χ1) is 10.1. The third kappa shape index (κ3) is 3.81. The van der Waals surface area contributed by atoms with E-state index in [1.807, 2.05) is 0 Å². The number of likely N-dealkylation sites (N-methyl/N-ethyl adjacent to an activating group) is 1. The van der Waals surface area contributed by atoms with Gasteiger partial charge < -0.3 is 9.64 Å². The number of hydrogen-bond donors (Lipinski definition) is 0. The second-order valence-corrected chi connectivity index (χ2v) is 4.80. The molecule has 2 aromatic rings. The molecule has 3 nitrogen and oxygen atoms in total. The molecule has 2 rings (SSSR count). The fourth-order valence-electron chi connectivity index (χ4n) is 2.04. The van der Waals surface area contributed by atoms with Crippen LogP contribution in [-0.2, 0) is 6.42 Å². The van der Waals surface area contributed by atoms with Crippen LogP contribution in [0.1, 0.15) is 15.9 Å². The summed E-state index contributed by atoms with van der Waals surface area (Å²) in [5.74, 6) is 0.386. The van der Waals surface area contributed by atoms with Crippen LogP contribution in [0.15, 0.2) is 48.5 Å². The summed E-state index contributed by atoms with van der Waals surface area (Å²) in [6.07, 6.45) is 0.491. The number of carbonyl (C=O) groups excluding carboxylic acids is 1. The third-order valence-electron chi connectivity index (χ3n) is 3.36. The number of carbonyl (C=O) groups is 1. The normalized spacial score (nSPS) is 10.2. The molecule has 1 amide bonds. The molecular weight excluding hydrogens is 269 g/mol. The zero-order chi connectivity index (χ0) is 15.2. The predicted molar refractivity (Wildman–Crippen MR) is 80.1 cm³/mol. The lowest BCUT2D eigenvalue weighted by molar-refractivity contribution is 0.0796. The van der Waals surface area contributed by atoms with E-state index >= 15 is 0 Å². The van der Waals surface area contributed by atoms with Gasteiger partial charge in [0, 0.05) is 19.2 Å². The lowest BCUT2D eigenvalue weighted by Gasteiger charge is -2.17. The Morgan fingerprint density at radius 3 is 2.43 bits per heavy atom. The quantitative estimate of drug-likeness (QED) is 0.845. The van der Waals surface area contributed by atoms with Crippen molar-refractivity contribution in [1.29, 1.82) is 0 Å². The van der Waals surface area contributed by atoms with E-state index in [-0.39, 0.29) is 11.7 Å². The Bertz CT molecular complexity index is 610. The number of halogens is 1. The number of benzene rings is 2. The molecule has 2 aromatic carbocycles. The average molecular weight is 287 g/mol. The minimum absolute atomic E-state index is 0.0889. The van der Waals surface area contributed by atoms with E-state index in [0.29, 0.717) is 29.8 Å². The molecule has 0 aliphatic rings. The van der Waals surface area contributed by atoms with Crippen LogP contribution in [0, 0.1) is 5.82 Å². The summed E-state index contributed by atoms with van der Waals surface area (Å²) in [7, 11) is 3.30. The van der Waals surface area contributed by atoms with Gasteiger partial charge in [-0.1, -0.05) is 18.2 Å². The van der Waals surface area contributed by atoms with Gasteiger partial charge in [-0.05, 0) is 42.3 Å². The van der Waals surface area contributed by atoms with E-state index in [9.17, 15) is 9.18 Å². The van der Waals surface area contributed by atoms with Crippen molar-refractivity contribution in [2.24, 2.45) is 0 Å². The zero-order valence-corrected chi connectivity index (χ0v) is 12.2. The molecule has 4 heteroatoms. The highest BCUT2D eigenvalue weighted by Crippen LogP contribution is 2.13. The standard InChI is InChI=1S/C17H18FNO2/c1-19(12-11-13-5-3-4-6-16(13)18)17(20)14-7-9-15(21-2)10-8-14/h3-10H,11-12H2,1-2H3. The van der Waals surface area contributed by atoms with Gasteiger partial charge in [0.15, 0.2) is 0 Å². The summed E-state index contributed by atoms with van der Waals surface area (Å²) >= 11 is 0. The van der Waals surface area contributed by atoms with E-state index in [1.54, 1.807) is 61.5 Å². The lowest BCUT2D eigenvalue weighted by Crippen LogP contribution is -2.28. The summed E-state index contributed by atoms with van der Waals surface area (Å²) in [6, 6.07) is 13.6. The van der Waals surface area contributed by atoms with Crippen LogP contribution in [0.4, 0.5) is 4.39 Å². The van der Waals surface area contributed by atoms with Crippen LogP contribution in [0.2, 0.25) is 0 Å². The third-order valence-corrected chi connectivity index (χ3v) is 3.36. The number of amides is 1. The molecule has 0 heterocycles. The number of methoxy groups -OCH3 is 1. The van der Waals surface area contributed by atoms with E-state index < -0.39 is 0 Å². The molecule has 0 radical (unpaired) electrons. The number of nitrogens with zero attached hydrogens (tertiary/aromatic N) is 1. The Labute approximate surface area is 124 Å². The topological polar surface area (TPSA) is 29.5 Å². The highest BCUT2D eigenvalue weighted by atomic mass is 19.1. The number of ether oxygens (including phenoxy) is 1. The molecule has 0 saturated carbocycles. The van der Waals surface area contributed by atoms with Crippen LogP contribution >= 0.6 is 0 Å². The Morgan fingerprint density at radius 2 is 1.81 bits per heavy atom. The number of rotatable bonds is 5. The van der Waals surface area contributed by atoms with Gasteiger partial charge in [-0.15, -0.1) is 0 Å². The van der Waals surface area contributed by atoms with Gasteiger partial charge in [0.2, 0.25) is 0 Å². The maximum absolute atomic E-state index is 13.5. The minimum Gasteiger partial charge on any atom is -0.497 e. The molecule has 0 aliphatic carbocycles. The molecule has 0 fully saturated rings. The molecular formula is C17H18FNO2. The SMILES string of the molecule is COc1ccc(C(=O)N(C)CCc2ccccc2F)cc1. The highest BCUT2D eigenvalue weighted by molar-refractivity contribution is 5.94. The first-order valence-electron chi connectivity index (χ1n) is 6.74. The molecule has 0 aromatic heterocycles. The molecule has 110 valence electrons. The second-order valence-electron chi connectivity index (χ2n) is 4.80. The van der Waals surface area contributed by atoms with E-state index in [4.69, 9.17) is 4.74 Å². The average Bonchev–Trinajstić information content (AvgIpc) is 2.53. The van der Waals surface area contributed by atoms with E-state index in [2.05, 4.69) is 0 Å². The highest BCUT2D eigenvalue weighted by Gasteiger charge is 2.12. The number of hydrogen-bond acceptors (Lipinski definition) is 2. The van der Waals surface area contributed by atoms with Crippen molar-refractivity contribution in [2.45, 2.75) is 6.42 Å². The summed E-state index contributed by atoms with van der Waals surface area (Å²) < 4.78 is 18.6. The van der Waals surface area contributed by atoms with E-state index in [1.165, 1.54) is 6.07 Å². The molecule has 0 N–H and O–H groups in total.